The Balaban J connectivity index is 1.18. The molecule has 5 aromatic heterocycles. The molecule has 0 bridgehead atoms. The maximum atomic E-state index is 4.95. The van der Waals surface area contributed by atoms with Crippen LogP contribution in [0.4, 0.5) is 40.6 Å². The molecular formula is C35H33N13. The quantitative estimate of drug-likeness (QED) is 0.192. The molecule has 0 aliphatic carbocycles. The maximum Gasteiger partial charge on any atom is 0.237 e. The van der Waals surface area contributed by atoms with Crippen LogP contribution >= 0.6 is 0 Å². The molecule has 0 spiro atoms. The second-order valence-corrected chi connectivity index (χ2v) is 11.9. The van der Waals surface area contributed by atoms with E-state index in [-0.39, 0.29) is 0 Å². The molecular weight excluding hydrogens is 602 g/mol. The Morgan fingerprint density at radius 2 is 1.10 bits per heavy atom. The second-order valence-electron chi connectivity index (χ2n) is 11.9. The van der Waals surface area contributed by atoms with Gasteiger partial charge in [0.15, 0.2) is 0 Å². The molecule has 0 aliphatic heterocycles. The fourth-order valence-electron chi connectivity index (χ4n) is 5.96. The molecule has 238 valence electrons. The number of benzene rings is 3. The lowest BCUT2D eigenvalue weighted by molar-refractivity contribution is 0.751. The highest BCUT2D eigenvalue weighted by atomic mass is 15.3. The third kappa shape index (κ3) is 5.01. The molecule has 2 N–H and O–H groups in total. The lowest BCUT2D eigenvalue weighted by atomic mass is 10.2. The third-order valence-corrected chi connectivity index (χ3v) is 8.88. The molecule has 0 aliphatic rings. The van der Waals surface area contributed by atoms with E-state index in [0.29, 0.717) is 23.5 Å². The maximum absolute atomic E-state index is 4.95. The zero-order chi connectivity index (χ0) is 33.1. The van der Waals surface area contributed by atoms with Gasteiger partial charge in [-0.25, -0.2) is 9.97 Å². The van der Waals surface area contributed by atoms with Crippen molar-refractivity contribution in [2.24, 2.45) is 21.1 Å². The van der Waals surface area contributed by atoms with Crippen molar-refractivity contribution in [3.05, 3.63) is 96.2 Å². The van der Waals surface area contributed by atoms with E-state index in [1.54, 1.807) is 12.4 Å². The van der Waals surface area contributed by atoms with Crippen LogP contribution in [-0.4, -0.2) is 49.3 Å². The van der Waals surface area contributed by atoms with Gasteiger partial charge in [-0.2, -0.15) is 25.3 Å². The summed E-state index contributed by atoms with van der Waals surface area (Å²) in [5.41, 5.74) is 8.47. The molecule has 13 heteroatoms. The molecule has 0 unspecified atom stereocenters. The molecule has 0 saturated heterocycles. The molecule has 48 heavy (non-hydrogen) atoms. The minimum Gasteiger partial charge on any atom is -0.340 e. The molecule has 5 heterocycles. The van der Waals surface area contributed by atoms with Crippen molar-refractivity contribution in [2.75, 3.05) is 15.5 Å². The Morgan fingerprint density at radius 1 is 0.562 bits per heavy atom. The van der Waals surface area contributed by atoms with Gasteiger partial charge >= 0.3 is 0 Å². The van der Waals surface area contributed by atoms with Crippen LogP contribution in [-0.2, 0) is 21.1 Å². The minimum atomic E-state index is 0.424. The number of hydrogen-bond donors (Lipinski definition) is 2. The fourth-order valence-corrected chi connectivity index (χ4v) is 5.96. The highest BCUT2D eigenvalue weighted by Crippen LogP contribution is 2.35. The second kappa shape index (κ2) is 11.2. The predicted molar refractivity (Wildman–Crippen MR) is 189 cm³/mol. The normalized spacial score (nSPS) is 11.5. The SMILES string of the molecule is Cc1c2ccc(Nc3ccnc(N(c4ccc5c(C)n(C)nc5c4)c4ccnc(Nc5ccc6c(C)n(C)nc6c5)n4)n3)cc2nn1C. The molecule has 0 radical (unpaired) electrons. The van der Waals surface area contributed by atoms with Crippen LogP contribution in [0, 0.1) is 20.8 Å². The zero-order valence-corrected chi connectivity index (χ0v) is 27.4. The van der Waals surface area contributed by atoms with Gasteiger partial charge in [-0.3, -0.25) is 18.9 Å². The topological polar surface area (TPSA) is 132 Å². The van der Waals surface area contributed by atoms with Gasteiger partial charge in [0, 0.05) is 84.2 Å². The number of fused-ring (bicyclic) bond motifs is 3. The molecule has 0 saturated carbocycles. The first kappa shape index (κ1) is 29.1. The number of hydrogen-bond acceptors (Lipinski definition) is 10. The van der Waals surface area contributed by atoms with Crippen molar-refractivity contribution in [3.8, 4) is 0 Å². The first-order valence-corrected chi connectivity index (χ1v) is 15.5. The van der Waals surface area contributed by atoms with E-state index in [4.69, 9.17) is 20.1 Å². The molecule has 3 aromatic carbocycles. The predicted octanol–water partition coefficient (Wildman–Crippen LogP) is 6.81. The van der Waals surface area contributed by atoms with Gasteiger partial charge in [0.25, 0.3) is 0 Å². The lowest BCUT2D eigenvalue weighted by Gasteiger charge is -2.22. The molecule has 0 fully saturated rings. The largest absolute Gasteiger partial charge is 0.340 e. The molecule has 8 aromatic rings. The zero-order valence-electron chi connectivity index (χ0n) is 27.4. The summed E-state index contributed by atoms with van der Waals surface area (Å²) >= 11 is 0. The summed E-state index contributed by atoms with van der Waals surface area (Å²) in [4.78, 5) is 21.0. The van der Waals surface area contributed by atoms with E-state index in [2.05, 4.69) is 64.8 Å². The fraction of sp³-hybridized carbons (Fsp3) is 0.171. The monoisotopic (exact) mass is 635 g/mol. The van der Waals surface area contributed by atoms with Crippen LogP contribution in [0.2, 0.25) is 0 Å². The standard InChI is InChI=1S/C35H33N13/c1-20-26-10-7-23(17-29(26)42-45(20)4)38-32-13-15-37-35(40-32)48(25-9-12-28-22(3)47(6)44-31(28)19-25)33-14-16-36-34(41-33)39-24-8-11-27-21(2)46(5)43-30(27)18-24/h7-19H,1-6H3,(H,36,39,41)(H,37,38,40). The number of anilines is 7. The van der Waals surface area contributed by atoms with Gasteiger partial charge in [0.1, 0.15) is 11.6 Å². The van der Waals surface area contributed by atoms with Crippen LogP contribution in [0.25, 0.3) is 32.7 Å². The van der Waals surface area contributed by atoms with Gasteiger partial charge < -0.3 is 10.6 Å². The highest BCUT2D eigenvalue weighted by molar-refractivity contribution is 5.88. The van der Waals surface area contributed by atoms with Crippen LogP contribution < -0.4 is 15.5 Å². The number of aryl methyl sites for hydroxylation is 6. The van der Waals surface area contributed by atoms with E-state index in [1.807, 2.05) is 88.6 Å². The summed E-state index contributed by atoms with van der Waals surface area (Å²) in [5, 5.41) is 24.1. The van der Waals surface area contributed by atoms with E-state index >= 15 is 0 Å². The average Bonchev–Trinajstić information content (AvgIpc) is 3.64. The van der Waals surface area contributed by atoms with Crippen LogP contribution in [0.1, 0.15) is 17.1 Å². The summed E-state index contributed by atoms with van der Waals surface area (Å²) in [6.07, 6.45) is 3.45. The van der Waals surface area contributed by atoms with E-state index in [0.717, 1.165) is 66.9 Å². The van der Waals surface area contributed by atoms with Crippen molar-refractivity contribution < 1.29 is 0 Å². The molecule has 13 nitrogen and oxygen atoms in total. The van der Waals surface area contributed by atoms with Crippen molar-refractivity contribution in [1.82, 2.24) is 49.3 Å². The van der Waals surface area contributed by atoms with Crippen LogP contribution in [0.3, 0.4) is 0 Å². The Kier molecular flexibility index (Phi) is 6.75. The Bertz CT molecular complexity index is 2370. The Hall–Kier alpha value is -6.37. The number of nitrogens with zero attached hydrogens (tertiary/aromatic N) is 11. The van der Waals surface area contributed by atoms with Crippen LogP contribution in [0.5, 0.6) is 0 Å². The molecule has 0 atom stereocenters. The third-order valence-electron chi connectivity index (χ3n) is 8.88. The first-order valence-electron chi connectivity index (χ1n) is 15.5. The van der Waals surface area contributed by atoms with Crippen molar-refractivity contribution in [1.29, 1.82) is 0 Å². The van der Waals surface area contributed by atoms with Gasteiger partial charge in [-0.05, 0) is 81.4 Å². The van der Waals surface area contributed by atoms with Crippen molar-refractivity contribution in [3.63, 3.8) is 0 Å². The minimum absolute atomic E-state index is 0.424. The summed E-state index contributed by atoms with van der Waals surface area (Å²) in [6.45, 7) is 6.17. The number of rotatable bonds is 7. The van der Waals surface area contributed by atoms with Crippen molar-refractivity contribution >= 4 is 73.3 Å². The van der Waals surface area contributed by atoms with Crippen molar-refractivity contribution in [2.45, 2.75) is 20.8 Å². The summed E-state index contributed by atoms with van der Waals surface area (Å²) in [5.74, 6) is 2.05. The number of aromatic nitrogens is 10. The first-order chi connectivity index (χ1) is 23.2. The van der Waals surface area contributed by atoms with E-state index < -0.39 is 0 Å². The van der Waals surface area contributed by atoms with Gasteiger partial charge in [0.05, 0.1) is 22.2 Å². The van der Waals surface area contributed by atoms with Gasteiger partial charge in [-0.1, -0.05) is 0 Å². The molecule has 8 rings (SSSR count). The Morgan fingerprint density at radius 3 is 1.73 bits per heavy atom. The highest BCUT2D eigenvalue weighted by Gasteiger charge is 2.20. The number of nitrogens with one attached hydrogen (secondary N) is 2. The summed E-state index contributed by atoms with van der Waals surface area (Å²) in [6, 6.07) is 22.0. The van der Waals surface area contributed by atoms with Gasteiger partial charge in [0.2, 0.25) is 11.9 Å². The Labute approximate surface area is 275 Å². The summed E-state index contributed by atoms with van der Waals surface area (Å²) in [7, 11) is 5.84. The summed E-state index contributed by atoms with van der Waals surface area (Å²) < 4.78 is 5.65. The van der Waals surface area contributed by atoms with Gasteiger partial charge in [-0.15, -0.1) is 0 Å². The van der Waals surface area contributed by atoms with E-state index in [1.165, 1.54) is 0 Å². The smallest absolute Gasteiger partial charge is 0.237 e. The van der Waals surface area contributed by atoms with Crippen LogP contribution in [0.15, 0.2) is 79.1 Å². The van der Waals surface area contributed by atoms with E-state index in [9.17, 15) is 0 Å². The molecule has 0 amide bonds. The average molecular weight is 636 g/mol. The lowest BCUT2D eigenvalue weighted by Crippen LogP contribution is -2.16.